The van der Waals surface area contributed by atoms with Gasteiger partial charge in [-0.2, -0.15) is 0 Å². The van der Waals surface area contributed by atoms with Crippen LogP contribution in [0.4, 0.5) is 0 Å². The molecule has 1 aliphatic heterocycles. The van der Waals surface area contributed by atoms with Crippen LogP contribution in [0, 0.1) is 0 Å². The van der Waals surface area contributed by atoms with E-state index in [4.69, 9.17) is 14.2 Å². The molecule has 0 fully saturated rings. The van der Waals surface area contributed by atoms with Gasteiger partial charge >= 0.3 is 0 Å². The minimum atomic E-state index is 0.308. The Balaban J connectivity index is 1.46. The maximum Gasteiger partial charge on any atom is 0.231 e. The van der Waals surface area contributed by atoms with Crippen LogP contribution < -0.4 is 24.8 Å². The maximum atomic E-state index is 5.43. The van der Waals surface area contributed by atoms with Crippen LogP contribution in [0.5, 0.6) is 17.2 Å². The number of aliphatic imine (C=N–C) groups is 1. The van der Waals surface area contributed by atoms with Crippen molar-refractivity contribution in [2.24, 2.45) is 4.99 Å². The molecule has 0 amide bonds. The van der Waals surface area contributed by atoms with Crippen molar-refractivity contribution in [3.8, 4) is 17.2 Å². The minimum absolute atomic E-state index is 0.308. The molecule has 0 spiro atoms. The quantitative estimate of drug-likeness (QED) is 0.553. The molecule has 27 heavy (non-hydrogen) atoms. The van der Waals surface area contributed by atoms with Crippen molar-refractivity contribution in [2.75, 3.05) is 33.5 Å². The first-order valence-electron chi connectivity index (χ1n) is 9.32. The summed E-state index contributed by atoms with van der Waals surface area (Å²) in [5.74, 6) is 3.36. The molecule has 1 aliphatic rings. The zero-order valence-electron chi connectivity index (χ0n) is 16.0. The molecule has 0 bridgehead atoms. The Morgan fingerprint density at radius 2 is 1.78 bits per heavy atom. The predicted molar refractivity (Wildman–Crippen MR) is 107 cm³/mol. The molecule has 0 atom stereocenters. The smallest absolute Gasteiger partial charge is 0.231 e. The fraction of sp³-hybridized carbons (Fsp3) is 0.381. The van der Waals surface area contributed by atoms with Crippen LogP contribution >= 0.6 is 0 Å². The van der Waals surface area contributed by atoms with Gasteiger partial charge in [0.25, 0.3) is 0 Å². The van der Waals surface area contributed by atoms with Crippen LogP contribution in [0.3, 0.4) is 0 Å². The molecule has 0 radical (unpaired) electrons. The number of hydrogen-bond acceptors (Lipinski definition) is 4. The van der Waals surface area contributed by atoms with Gasteiger partial charge in [-0.05, 0) is 55.2 Å². The third kappa shape index (κ3) is 5.54. The van der Waals surface area contributed by atoms with Gasteiger partial charge in [-0.15, -0.1) is 0 Å². The lowest BCUT2D eigenvalue weighted by Crippen LogP contribution is -2.38. The Bertz CT molecular complexity index is 760. The summed E-state index contributed by atoms with van der Waals surface area (Å²) in [4.78, 5) is 4.66. The first-order valence-corrected chi connectivity index (χ1v) is 9.32. The average Bonchev–Trinajstić information content (AvgIpc) is 3.16. The molecular weight excluding hydrogens is 342 g/mol. The van der Waals surface area contributed by atoms with E-state index in [9.17, 15) is 0 Å². The Labute approximate surface area is 160 Å². The van der Waals surface area contributed by atoms with Gasteiger partial charge in [0.2, 0.25) is 6.79 Å². The molecule has 3 rings (SSSR count). The van der Waals surface area contributed by atoms with Crippen LogP contribution in [0.25, 0.3) is 0 Å². The maximum absolute atomic E-state index is 5.43. The fourth-order valence-corrected chi connectivity index (χ4v) is 2.85. The van der Waals surface area contributed by atoms with E-state index in [1.54, 1.807) is 7.11 Å². The lowest BCUT2D eigenvalue weighted by atomic mass is 10.1. The van der Waals surface area contributed by atoms with E-state index in [0.717, 1.165) is 55.7 Å². The highest BCUT2D eigenvalue weighted by atomic mass is 16.7. The van der Waals surface area contributed by atoms with Crippen LogP contribution in [-0.4, -0.2) is 39.5 Å². The molecular formula is C21H27N3O3. The van der Waals surface area contributed by atoms with Crippen LogP contribution in [0.1, 0.15) is 18.1 Å². The lowest BCUT2D eigenvalue weighted by Gasteiger charge is -2.11. The van der Waals surface area contributed by atoms with Gasteiger partial charge in [0.05, 0.1) is 7.11 Å². The summed E-state index contributed by atoms with van der Waals surface area (Å²) >= 11 is 0. The number of fused-ring (bicyclic) bond motifs is 1. The summed E-state index contributed by atoms with van der Waals surface area (Å²) in [5, 5.41) is 6.68. The van der Waals surface area contributed by atoms with Crippen LogP contribution in [-0.2, 0) is 12.8 Å². The molecule has 6 nitrogen and oxygen atoms in total. The SMILES string of the molecule is CCNC(=NCCc1ccc(OC)cc1)NCCc1ccc2c(c1)OCO2. The van der Waals surface area contributed by atoms with Crippen molar-refractivity contribution in [3.63, 3.8) is 0 Å². The molecule has 0 aromatic heterocycles. The molecule has 0 saturated carbocycles. The van der Waals surface area contributed by atoms with Gasteiger partial charge in [-0.1, -0.05) is 18.2 Å². The lowest BCUT2D eigenvalue weighted by molar-refractivity contribution is 0.174. The third-order valence-corrected chi connectivity index (χ3v) is 4.32. The zero-order valence-corrected chi connectivity index (χ0v) is 16.0. The van der Waals surface area contributed by atoms with Gasteiger partial charge in [0.1, 0.15) is 5.75 Å². The zero-order chi connectivity index (χ0) is 18.9. The number of benzene rings is 2. The highest BCUT2D eigenvalue weighted by Crippen LogP contribution is 2.32. The molecule has 0 unspecified atom stereocenters. The molecule has 6 heteroatoms. The van der Waals surface area contributed by atoms with Crippen molar-refractivity contribution in [2.45, 2.75) is 19.8 Å². The normalized spacial score (nSPS) is 12.7. The van der Waals surface area contributed by atoms with Crippen molar-refractivity contribution in [1.29, 1.82) is 0 Å². The largest absolute Gasteiger partial charge is 0.497 e. The number of nitrogens with one attached hydrogen (secondary N) is 2. The van der Waals surface area contributed by atoms with Gasteiger partial charge in [0, 0.05) is 19.6 Å². The second-order valence-electron chi connectivity index (χ2n) is 6.22. The number of nitrogens with zero attached hydrogens (tertiary/aromatic N) is 1. The summed E-state index contributed by atoms with van der Waals surface area (Å²) < 4.78 is 16.0. The van der Waals surface area contributed by atoms with Crippen molar-refractivity contribution in [3.05, 3.63) is 53.6 Å². The van der Waals surface area contributed by atoms with Gasteiger partial charge in [-0.3, -0.25) is 4.99 Å². The predicted octanol–water partition coefficient (Wildman–Crippen LogP) is 2.76. The summed E-state index contributed by atoms with van der Waals surface area (Å²) in [6.45, 7) is 4.74. The topological polar surface area (TPSA) is 64.1 Å². The van der Waals surface area contributed by atoms with Gasteiger partial charge < -0.3 is 24.8 Å². The van der Waals surface area contributed by atoms with Crippen molar-refractivity contribution >= 4 is 5.96 Å². The van der Waals surface area contributed by atoms with E-state index in [1.165, 1.54) is 11.1 Å². The third-order valence-electron chi connectivity index (χ3n) is 4.32. The van der Waals surface area contributed by atoms with E-state index in [-0.39, 0.29) is 0 Å². The Morgan fingerprint density at radius 3 is 2.56 bits per heavy atom. The second-order valence-corrected chi connectivity index (χ2v) is 6.22. The molecule has 144 valence electrons. The Morgan fingerprint density at radius 1 is 1.00 bits per heavy atom. The number of methoxy groups -OCH3 is 1. The van der Waals surface area contributed by atoms with E-state index in [2.05, 4.69) is 40.7 Å². The molecule has 0 saturated heterocycles. The molecule has 0 aliphatic carbocycles. The van der Waals surface area contributed by atoms with Crippen LogP contribution in [0.2, 0.25) is 0 Å². The molecule has 2 aromatic carbocycles. The fourth-order valence-electron chi connectivity index (χ4n) is 2.85. The highest BCUT2D eigenvalue weighted by Gasteiger charge is 2.12. The van der Waals surface area contributed by atoms with Gasteiger partial charge in [-0.25, -0.2) is 0 Å². The standard InChI is InChI=1S/C21H27N3O3/c1-3-22-21(23-12-10-16-4-7-18(25-2)8-5-16)24-13-11-17-6-9-19-20(14-17)27-15-26-19/h4-9,14H,3,10-13,15H2,1-2H3,(H2,22,23,24). The van der Waals surface area contributed by atoms with E-state index in [0.29, 0.717) is 6.79 Å². The number of rotatable bonds is 8. The highest BCUT2D eigenvalue weighted by molar-refractivity contribution is 5.79. The minimum Gasteiger partial charge on any atom is -0.497 e. The van der Waals surface area contributed by atoms with Gasteiger partial charge in [0.15, 0.2) is 17.5 Å². The first kappa shape index (κ1) is 18.9. The number of ether oxygens (including phenoxy) is 3. The van der Waals surface area contributed by atoms with Crippen molar-refractivity contribution in [1.82, 2.24) is 10.6 Å². The van der Waals surface area contributed by atoms with E-state index < -0.39 is 0 Å². The monoisotopic (exact) mass is 369 g/mol. The Kier molecular flexibility index (Phi) is 6.79. The Hall–Kier alpha value is -2.89. The average molecular weight is 369 g/mol. The summed E-state index contributed by atoms with van der Waals surface area (Å²) in [5.41, 5.74) is 2.46. The van der Waals surface area contributed by atoms with Crippen molar-refractivity contribution < 1.29 is 14.2 Å². The van der Waals surface area contributed by atoms with E-state index >= 15 is 0 Å². The summed E-state index contributed by atoms with van der Waals surface area (Å²) in [7, 11) is 1.68. The number of hydrogen-bond donors (Lipinski definition) is 2. The summed E-state index contributed by atoms with van der Waals surface area (Å²) in [6, 6.07) is 14.2. The van der Waals surface area contributed by atoms with E-state index in [1.807, 2.05) is 24.3 Å². The molecule has 2 aromatic rings. The second kappa shape index (κ2) is 9.71. The van der Waals surface area contributed by atoms with Crippen LogP contribution in [0.15, 0.2) is 47.5 Å². The molecule has 1 heterocycles. The molecule has 2 N–H and O–H groups in total. The first-order chi connectivity index (χ1) is 13.3. The summed E-state index contributed by atoms with van der Waals surface area (Å²) in [6.07, 6.45) is 1.78. The number of guanidine groups is 1.